The molecule has 3 rings (SSSR count). The lowest BCUT2D eigenvalue weighted by molar-refractivity contribution is -0.118. The summed E-state index contributed by atoms with van der Waals surface area (Å²) in [7, 11) is -3.33. The number of hydrogen-bond acceptors (Lipinski definition) is 7. The van der Waals surface area contributed by atoms with Crippen molar-refractivity contribution < 1.29 is 22.4 Å². The minimum absolute atomic E-state index is 0.0789. The van der Waals surface area contributed by atoms with E-state index in [1.54, 1.807) is 50.2 Å². The number of halogens is 2. The van der Waals surface area contributed by atoms with E-state index in [1.165, 1.54) is 6.07 Å². The van der Waals surface area contributed by atoms with E-state index in [9.17, 15) is 13.2 Å². The van der Waals surface area contributed by atoms with Crippen LogP contribution in [0.4, 0.5) is 6.01 Å². The number of ether oxygens (including phenoxy) is 1. The summed E-state index contributed by atoms with van der Waals surface area (Å²) in [5.74, 6) is 0.0660. The van der Waals surface area contributed by atoms with Crippen LogP contribution in [0.15, 0.2) is 51.8 Å². The molecule has 0 saturated heterocycles. The number of carbonyl (C=O) groups is 1. The van der Waals surface area contributed by atoms with Gasteiger partial charge in [-0.3, -0.25) is 10.1 Å². The monoisotopic (exact) mass is 483 g/mol. The third-order valence-electron chi connectivity index (χ3n) is 4.19. The maximum absolute atomic E-state index is 12.2. The van der Waals surface area contributed by atoms with Crippen LogP contribution in [0.1, 0.15) is 25.3 Å². The normalized spacial score (nSPS) is 11.5. The summed E-state index contributed by atoms with van der Waals surface area (Å²) in [4.78, 5) is 12.3. The molecule has 1 aromatic heterocycles. The van der Waals surface area contributed by atoms with Crippen molar-refractivity contribution in [1.82, 2.24) is 10.2 Å². The summed E-state index contributed by atoms with van der Waals surface area (Å²) in [5, 5.41) is 10.3. The van der Waals surface area contributed by atoms with E-state index >= 15 is 0 Å². The lowest BCUT2D eigenvalue weighted by Gasteiger charge is -2.08. The molecule has 0 bridgehead atoms. The molecule has 0 fully saturated rings. The first-order valence-electron chi connectivity index (χ1n) is 9.18. The van der Waals surface area contributed by atoms with Crippen molar-refractivity contribution in [3.8, 4) is 5.75 Å². The van der Waals surface area contributed by atoms with Crippen LogP contribution in [0.5, 0.6) is 5.75 Å². The second-order valence-corrected chi connectivity index (χ2v) is 10.2. The first-order chi connectivity index (χ1) is 14.6. The quantitative estimate of drug-likeness (QED) is 0.511. The summed E-state index contributed by atoms with van der Waals surface area (Å²) < 4.78 is 35.1. The topological polar surface area (TPSA) is 111 Å². The molecule has 0 unspecified atom stereocenters. The highest BCUT2D eigenvalue weighted by Gasteiger charge is 2.19. The number of nitrogens with zero attached hydrogens (tertiary/aromatic N) is 2. The molecule has 0 saturated carbocycles. The molecule has 0 spiro atoms. The summed E-state index contributed by atoms with van der Waals surface area (Å²) in [6, 6.07) is 11.0. The SMILES string of the molecule is CC(C)S(=O)(=O)c1ccc(Cc2nnc(NC(=O)COc3ccc(Cl)cc3Cl)o2)cc1. The zero-order chi connectivity index (χ0) is 22.6. The Hall–Kier alpha value is -2.62. The van der Waals surface area contributed by atoms with Gasteiger partial charge in [-0.2, -0.15) is 0 Å². The molecule has 0 atom stereocenters. The minimum atomic E-state index is -3.33. The van der Waals surface area contributed by atoms with Gasteiger partial charge >= 0.3 is 6.01 Å². The summed E-state index contributed by atoms with van der Waals surface area (Å²) in [5.41, 5.74) is 0.782. The number of aromatic nitrogens is 2. The maximum atomic E-state index is 12.2. The van der Waals surface area contributed by atoms with Gasteiger partial charge in [0.15, 0.2) is 16.4 Å². The van der Waals surface area contributed by atoms with Crippen LogP contribution in [0, 0.1) is 0 Å². The van der Waals surface area contributed by atoms with Gasteiger partial charge in [-0.1, -0.05) is 40.4 Å². The first-order valence-corrected chi connectivity index (χ1v) is 11.5. The molecule has 0 aliphatic heterocycles. The second-order valence-electron chi connectivity index (χ2n) is 6.83. The van der Waals surface area contributed by atoms with E-state index in [4.69, 9.17) is 32.4 Å². The van der Waals surface area contributed by atoms with Crippen LogP contribution in [0.3, 0.4) is 0 Å². The van der Waals surface area contributed by atoms with Crippen molar-refractivity contribution >= 4 is 45.0 Å². The Balaban J connectivity index is 1.56. The van der Waals surface area contributed by atoms with Crippen LogP contribution < -0.4 is 10.1 Å². The number of hydrogen-bond donors (Lipinski definition) is 1. The highest BCUT2D eigenvalue weighted by atomic mass is 35.5. The zero-order valence-corrected chi connectivity index (χ0v) is 19.0. The van der Waals surface area contributed by atoms with E-state index in [-0.39, 0.29) is 34.9 Å². The van der Waals surface area contributed by atoms with Gasteiger partial charge in [0.1, 0.15) is 5.75 Å². The van der Waals surface area contributed by atoms with E-state index < -0.39 is 21.0 Å². The largest absolute Gasteiger partial charge is 0.482 e. The highest BCUT2D eigenvalue weighted by molar-refractivity contribution is 7.92. The molecule has 3 aromatic rings. The molecule has 0 radical (unpaired) electrons. The predicted molar refractivity (Wildman–Crippen MR) is 116 cm³/mol. The number of sulfone groups is 1. The molecule has 31 heavy (non-hydrogen) atoms. The van der Waals surface area contributed by atoms with E-state index in [2.05, 4.69) is 15.5 Å². The molecular formula is C20H19Cl2N3O5S. The first kappa shape index (κ1) is 23.1. The number of nitrogens with one attached hydrogen (secondary N) is 1. The third-order valence-corrected chi connectivity index (χ3v) is 6.89. The van der Waals surface area contributed by atoms with Crippen molar-refractivity contribution in [1.29, 1.82) is 0 Å². The standard InChI is InChI=1S/C20H19Cl2N3O5S/c1-12(2)31(27,28)15-6-3-13(4-7-15)9-19-24-25-20(30-19)23-18(26)11-29-17-8-5-14(21)10-16(17)22/h3-8,10,12H,9,11H2,1-2H3,(H,23,25,26). The Morgan fingerprint density at radius 3 is 2.48 bits per heavy atom. The molecule has 1 amide bonds. The summed E-state index contributed by atoms with van der Waals surface area (Å²) in [6.45, 7) is 2.95. The Bertz CT molecular complexity index is 1180. The van der Waals surface area contributed by atoms with E-state index in [0.717, 1.165) is 5.56 Å². The van der Waals surface area contributed by atoms with Crippen molar-refractivity contribution in [3.63, 3.8) is 0 Å². The van der Waals surface area contributed by atoms with Gasteiger partial charge in [0.05, 0.1) is 21.6 Å². The average molecular weight is 484 g/mol. The molecule has 0 aliphatic rings. The lowest BCUT2D eigenvalue weighted by atomic mass is 10.1. The fraction of sp³-hybridized carbons (Fsp3) is 0.250. The van der Waals surface area contributed by atoms with Gasteiger partial charge in [0, 0.05) is 5.02 Å². The van der Waals surface area contributed by atoms with Crippen molar-refractivity contribution in [3.05, 3.63) is 64.0 Å². The van der Waals surface area contributed by atoms with Crippen molar-refractivity contribution in [2.45, 2.75) is 30.4 Å². The molecule has 8 nitrogen and oxygen atoms in total. The van der Waals surface area contributed by atoms with E-state index in [1.807, 2.05) is 0 Å². The van der Waals surface area contributed by atoms with Gasteiger partial charge in [-0.15, -0.1) is 5.10 Å². The van der Waals surface area contributed by atoms with Crippen LogP contribution >= 0.6 is 23.2 Å². The van der Waals surface area contributed by atoms with Gasteiger partial charge in [-0.05, 0) is 49.7 Å². The smallest absolute Gasteiger partial charge is 0.322 e. The van der Waals surface area contributed by atoms with Crippen LogP contribution in [-0.2, 0) is 21.1 Å². The highest BCUT2D eigenvalue weighted by Crippen LogP contribution is 2.27. The van der Waals surface area contributed by atoms with Crippen LogP contribution in [-0.4, -0.2) is 36.4 Å². The Labute approximate surface area is 189 Å². The fourth-order valence-electron chi connectivity index (χ4n) is 2.51. The Kier molecular flexibility index (Phi) is 7.19. The molecule has 2 aromatic carbocycles. The van der Waals surface area contributed by atoms with Crippen LogP contribution in [0.25, 0.3) is 0 Å². The van der Waals surface area contributed by atoms with Crippen LogP contribution in [0.2, 0.25) is 10.0 Å². The van der Waals surface area contributed by atoms with Gasteiger partial charge in [0.2, 0.25) is 5.89 Å². The molecular weight excluding hydrogens is 465 g/mol. The molecule has 0 aliphatic carbocycles. The van der Waals surface area contributed by atoms with Crippen molar-refractivity contribution in [2.24, 2.45) is 0 Å². The van der Waals surface area contributed by atoms with Gasteiger partial charge in [0.25, 0.3) is 5.91 Å². The Morgan fingerprint density at radius 1 is 1.13 bits per heavy atom. The average Bonchev–Trinajstić information content (AvgIpc) is 3.14. The van der Waals surface area contributed by atoms with Gasteiger partial charge < -0.3 is 9.15 Å². The van der Waals surface area contributed by atoms with Crippen molar-refractivity contribution in [2.75, 3.05) is 11.9 Å². The van der Waals surface area contributed by atoms with E-state index in [0.29, 0.717) is 10.8 Å². The predicted octanol–water partition coefficient (Wildman–Crippen LogP) is 4.17. The summed E-state index contributed by atoms with van der Waals surface area (Å²) in [6.07, 6.45) is 0.280. The Morgan fingerprint density at radius 2 is 1.84 bits per heavy atom. The molecule has 1 heterocycles. The number of benzene rings is 2. The number of amides is 1. The number of anilines is 1. The lowest BCUT2D eigenvalue weighted by Crippen LogP contribution is -2.20. The van der Waals surface area contributed by atoms with Gasteiger partial charge in [-0.25, -0.2) is 8.42 Å². The number of rotatable bonds is 8. The molecule has 11 heteroatoms. The molecule has 164 valence electrons. The second kappa shape index (κ2) is 9.67. The minimum Gasteiger partial charge on any atom is -0.482 e. The fourth-order valence-corrected chi connectivity index (χ4v) is 4.03. The summed E-state index contributed by atoms with van der Waals surface area (Å²) >= 11 is 11.8. The maximum Gasteiger partial charge on any atom is 0.322 e. The number of carbonyl (C=O) groups excluding carboxylic acids is 1. The zero-order valence-electron chi connectivity index (χ0n) is 16.6. The third kappa shape index (κ3) is 5.96. The molecule has 1 N–H and O–H groups in total.